The number of hydrogen-bond acceptors (Lipinski definition) is 4. The number of fused-ring (bicyclic) bond motifs is 1. The molecular weight excluding hydrogens is 444 g/mol. The number of nitrogens with zero attached hydrogens (tertiary/aromatic N) is 1. The number of ether oxygens (including phenoxy) is 1. The molecular formula is C20H17BrN2O4S. The summed E-state index contributed by atoms with van der Waals surface area (Å²) in [4.78, 5) is 11.1. The third-order valence-electron chi connectivity index (χ3n) is 4.50. The molecule has 0 amide bonds. The van der Waals surface area contributed by atoms with E-state index in [9.17, 15) is 13.2 Å². The monoisotopic (exact) mass is 460 g/mol. The van der Waals surface area contributed by atoms with Gasteiger partial charge in [-0.25, -0.2) is 0 Å². The Bertz CT molecular complexity index is 1140. The molecule has 1 heterocycles. The molecule has 3 aromatic rings. The Kier molecular flexibility index (Phi) is 5.09. The fourth-order valence-electron chi connectivity index (χ4n) is 3.15. The summed E-state index contributed by atoms with van der Waals surface area (Å²) in [5.74, 6) is 0.440. The second-order valence-corrected chi connectivity index (χ2v) is 9.02. The normalized spacial score (nSPS) is 18.3. The van der Waals surface area contributed by atoms with Crippen molar-refractivity contribution in [3.05, 3.63) is 70.7 Å². The molecule has 1 N–H and O–H groups in total. The maximum Gasteiger partial charge on any atom is 0.302 e. The SMILES string of the molecule is O=CC1CN(c2cc3cc(Br)ccc3cc2OCc2ccccc2)S(=O)(=O)N1. The summed E-state index contributed by atoms with van der Waals surface area (Å²) in [5, 5.41) is 1.78. The summed E-state index contributed by atoms with van der Waals surface area (Å²) >= 11 is 3.44. The van der Waals surface area contributed by atoms with Crippen molar-refractivity contribution >= 4 is 48.9 Å². The van der Waals surface area contributed by atoms with E-state index >= 15 is 0 Å². The predicted octanol–water partition coefficient (Wildman–Crippen LogP) is 3.40. The average molecular weight is 461 g/mol. The van der Waals surface area contributed by atoms with E-state index in [1.165, 1.54) is 4.31 Å². The van der Waals surface area contributed by atoms with Crippen molar-refractivity contribution in [1.29, 1.82) is 0 Å². The number of rotatable bonds is 5. The number of benzene rings is 3. The van der Waals surface area contributed by atoms with Gasteiger partial charge in [0.2, 0.25) is 0 Å². The summed E-state index contributed by atoms with van der Waals surface area (Å²) in [6, 6.07) is 18.2. The van der Waals surface area contributed by atoms with E-state index in [4.69, 9.17) is 4.74 Å². The van der Waals surface area contributed by atoms with Crippen LogP contribution in [0, 0.1) is 0 Å². The highest BCUT2D eigenvalue weighted by Crippen LogP contribution is 2.37. The van der Waals surface area contributed by atoms with Gasteiger partial charge >= 0.3 is 10.2 Å². The summed E-state index contributed by atoms with van der Waals surface area (Å²) in [5.41, 5.74) is 1.37. The minimum atomic E-state index is -3.83. The maximum absolute atomic E-state index is 12.6. The molecule has 1 aliphatic heterocycles. The minimum absolute atomic E-state index is 0.0209. The topological polar surface area (TPSA) is 75.7 Å². The molecule has 1 aliphatic rings. The highest BCUT2D eigenvalue weighted by atomic mass is 79.9. The third kappa shape index (κ3) is 3.76. The summed E-state index contributed by atoms with van der Waals surface area (Å²) < 4.78 is 35.5. The van der Waals surface area contributed by atoms with Gasteiger partial charge in [-0.05, 0) is 40.6 Å². The molecule has 1 atom stereocenters. The molecule has 144 valence electrons. The summed E-state index contributed by atoms with van der Waals surface area (Å²) in [6.45, 7) is 0.321. The van der Waals surface area contributed by atoms with Gasteiger partial charge in [0.15, 0.2) is 0 Å². The van der Waals surface area contributed by atoms with Gasteiger partial charge in [0.1, 0.15) is 18.6 Å². The first-order valence-corrected chi connectivity index (χ1v) is 10.8. The number of anilines is 1. The largest absolute Gasteiger partial charge is 0.487 e. The third-order valence-corrected chi connectivity index (χ3v) is 6.52. The molecule has 1 fully saturated rings. The average Bonchev–Trinajstić information content (AvgIpc) is 3.01. The van der Waals surface area contributed by atoms with Crippen LogP contribution in [0.15, 0.2) is 65.1 Å². The van der Waals surface area contributed by atoms with Gasteiger partial charge in [0.05, 0.1) is 18.3 Å². The Morgan fingerprint density at radius 2 is 1.89 bits per heavy atom. The molecule has 28 heavy (non-hydrogen) atoms. The van der Waals surface area contributed by atoms with Gasteiger partial charge in [-0.2, -0.15) is 13.1 Å². The van der Waals surface area contributed by atoms with Crippen molar-refractivity contribution in [2.24, 2.45) is 0 Å². The lowest BCUT2D eigenvalue weighted by molar-refractivity contribution is -0.108. The van der Waals surface area contributed by atoms with E-state index < -0.39 is 16.3 Å². The van der Waals surface area contributed by atoms with Crippen LogP contribution in [0.3, 0.4) is 0 Å². The van der Waals surface area contributed by atoms with E-state index in [0.29, 0.717) is 24.3 Å². The van der Waals surface area contributed by atoms with Crippen LogP contribution in [0.5, 0.6) is 5.75 Å². The van der Waals surface area contributed by atoms with Crippen molar-refractivity contribution in [3.63, 3.8) is 0 Å². The van der Waals surface area contributed by atoms with Crippen LogP contribution in [0.1, 0.15) is 5.56 Å². The molecule has 0 spiro atoms. The molecule has 0 bridgehead atoms. The van der Waals surface area contributed by atoms with Gasteiger partial charge in [-0.1, -0.05) is 52.3 Å². The van der Waals surface area contributed by atoms with Gasteiger partial charge in [0.25, 0.3) is 0 Å². The smallest absolute Gasteiger partial charge is 0.302 e. The van der Waals surface area contributed by atoms with E-state index in [0.717, 1.165) is 20.8 Å². The lowest BCUT2D eigenvalue weighted by atomic mass is 10.1. The van der Waals surface area contributed by atoms with Crippen LogP contribution >= 0.6 is 15.9 Å². The molecule has 6 nitrogen and oxygen atoms in total. The molecule has 4 rings (SSSR count). The first-order valence-electron chi connectivity index (χ1n) is 8.61. The van der Waals surface area contributed by atoms with Gasteiger partial charge in [-0.15, -0.1) is 0 Å². The molecule has 0 saturated carbocycles. The quantitative estimate of drug-likeness (QED) is 0.591. The molecule has 0 radical (unpaired) electrons. The number of hydrogen-bond donors (Lipinski definition) is 1. The van der Waals surface area contributed by atoms with Crippen LogP contribution in [0.2, 0.25) is 0 Å². The standard InChI is InChI=1S/C20H17BrN2O4S/c21-17-7-6-15-10-20(27-13-14-4-2-1-3-5-14)19(9-16(15)8-17)23-11-18(12-24)22-28(23,25)26/h1-10,12,18,22H,11,13H2. The second kappa shape index (κ2) is 7.54. The molecule has 0 aliphatic carbocycles. The molecule has 1 unspecified atom stereocenters. The van der Waals surface area contributed by atoms with Crippen LogP contribution in [-0.2, 0) is 21.6 Å². The number of carbonyl (C=O) groups excluding carboxylic acids is 1. The summed E-state index contributed by atoms with van der Waals surface area (Å²) in [7, 11) is -3.83. The lowest BCUT2D eigenvalue weighted by Gasteiger charge is -2.21. The van der Waals surface area contributed by atoms with Crippen LogP contribution in [0.25, 0.3) is 10.8 Å². The number of aldehydes is 1. The molecule has 1 saturated heterocycles. The fraction of sp³-hybridized carbons (Fsp3) is 0.150. The van der Waals surface area contributed by atoms with Crippen molar-refractivity contribution < 1.29 is 17.9 Å². The highest BCUT2D eigenvalue weighted by molar-refractivity contribution is 9.10. The molecule has 0 aromatic heterocycles. The molecule has 3 aromatic carbocycles. The highest BCUT2D eigenvalue weighted by Gasteiger charge is 2.37. The van der Waals surface area contributed by atoms with Gasteiger partial charge < -0.3 is 9.53 Å². The van der Waals surface area contributed by atoms with E-state index in [-0.39, 0.29) is 6.54 Å². The van der Waals surface area contributed by atoms with Crippen LogP contribution < -0.4 is 13.8 Å². The first-order chi connectivity index (χ1) is 13.5. The number of carbonyl (C=O) groups is 1. The Morgan fingerprint density at radius 1 is 1.11 bits per heavy atom. The maximum atomic E-state index is 12.6. The minimum Gasteiger partial charge on any atom is -0.487 e. The molecule has 8 heteroatoms. The van der Waals surface area contributed by atoms with Gasteiger partial charge in [-0.3, -0.25) is 4.31 Å². The Balaban J connectivity index is 1.79. The second-order valence-electron chi connectivity index (χ2n) is 6.48. The zero-order chi connectivity index (χ0) is 19.7. The van der Waals surface area contributed by atoms with E-state index in [2.05, 4.69) is 20.7 Å². The van der Waals surface area contributed by atoms with Crippen molar-refractivity contribution in [2.45, 2.75) is 12.6 Å². The Labute approximate surface area is 171 Å². The zero-order valence-electron chi connectivity index (χ0n) is 14.7. The van der Waals surface area contributed by atoms with E-state index in [1.807, 2.05) is 54.6 Å². The van der Waals surface area contributed by atoms with Crippen LogP contribution in [0.4, 0.5) is 5.69 Å². The van der Waals surface area contributed by atoms with E-state index in [1.54, 1.807) is 6.07 Å². The predicted molar refractivity (Wildman–Crippen MR) is 112 cm³/mol. The number of halogens is 1. The van der Waals surface area contributed by atoms with Crippen LogP contribution in [-0.4, -0.2) is 27.3 Å². The number of nitrogens with one attached hydrogen (secondary N) is 1. The Morgan fingerprint density at radius 3 is 2.61 bits per heavy atom. The first kappa shape index (κ1) is 18.9. The fourth-order valence-corrected chi connectivity index (χ4v) is 4.93. The van der Waals surface area contributed by atoms with Crippen molar-refractivity contribution in [2.75, 3.05) is 10.8 Å². The van der Waals surface area contributed by atoms with Gasteiger partial charge in [0, 0.05) is 4.47 Å². The van der Waals surface area contributed by atoms with Crippen molar-refractivity contribution in [1.82, 2.24) is 4.72 Å². The lowest BCUT2D eigenvalue weighted by Crippen LogP contribution is -2.30. The van der Waals surface area contributed by atoms with Crippen molar-refractivity contribution in [3.8, 4) is 5.75 Å². The Hall–Kier alpha value is -2.42. The summed E-state index contributed by atoms with van der Waals surface area (Å²) in [6.07, 6.45) is 0.597. The zero-order valence-corrected chi connectivity index (χ0v) is 17.1.